The summed E-state index contributed by atoms with van der Waals surface area (Å²) < 4.78 is 0. The van der Waals surface area contributed by atoms with Gasteiger partial charge in [0.2, 0.25) is 5.91 Å². The molecular weight excluding hydrogens is 150 g/mol. The van der Waals surface area contributed by atoms with Crippen LogP contribution in [0.15, 0.2) is 0 Å². The highest BCUT2D eigenvalue weighted by atomic mass is 32.2. The van der Waals surface area contributed by atoms with Gasteiger partial charge in [0.15, 0.2) is 0 Å². The fraction of sp³-hybridized carbons (Fsp3) is 0.667. The lowest BCUT2D eigenvalue weighted by Gasteiger charge is -2.05. The molecule has 0 fully saturated rings. The predicted octanol–water partition coefficient (Wildman–Crippen LogP) is 0.0530. The van der Waals surface area contributed by atoms with E-state index in [1.807, 2.05) is 6.26 Å². The molecule has 1 N–H and O–H groups in total. The van der Waals surface area contributed by atoms with Crippen molar-refractivity contribution in [3.63, 3.8) is 0 Å². The second-order valence-corrected chi connectivity index (χ2v) is 2.97. The number of amides is 1. The lowest BCUT2D eigenvalue weighted by molar-refractivity contribution is -0.121. The van der Waals surface area contributed by atoms with Gasteiger partial charge >= 0.3 is 0 Å². The average Bonchev–Trinajstić information content (AvgIpc) is 1.98. The van der Waals surface area contributed by atoms with Gasteiger partial charge in [-0.3, -0.25) is 4.79 Å². The van der Waals surface area contributed by atoms with E-state index in [1.165, 1.54) is 11.8 Å². The molecule has 58 valence electrons. The van der Waals surface area contributed by atoms with Crippen LogP contribution in [0.4, 0.5) is 0 Å². The monoisotopic (exact) mass is 161 g/mol. The van der Waals surface area contributed by atoms with Crippen LogP contribution < -0.4 is 5.32 Å². The first-order valence-electron chi connectivity index (χ1n) is 2.96. The lowest BCUT2D eigenvalue weighted by atomic mass is 10.4. The molecule has 0 saturated carbocycles. The minimum absolute atomic E-state index is 0.0695. The van der Waals surface area contributed by atoms with Gasteiger partial charge in [0.05, 0.1) is 11.8 Å². The van der Waals surface area contributed by atoms with Crippen LogP contribution in [0.2, 0.25) is 0 Å². The number of rotatable bonds is 4. The van der Waals surface area contributed by atoms with E-state index in [4.69, 9.17) is 0 Å². The molecule has 1 amide bonds. The number of carbonyl (C=O) groups excluding carboxylic acids is 2. The third-order valence-electron chi connectivity index (χ3n) is 1.08. The summed E-state index contributed by atoms with van der Waals surface area (Å²) in [5.74, 6) is -0.0837. The summed E-state index contributed by atoms with van der Waals surface area (Å²) in [5, 5.41) is 2.39. The zero-order valence-corrected chi connectivity index (χ0v) is 6.90. The highest BCUT2D eigenvalue weighted by molar-refractivity contribution is 7.99. The Morgan fingerprint density at radius 1 is 1.80 bits per heavy atom. The molecule has 0 spiro atoms. The van der Waals surface area contributed by atoms with Crippen LogP contribution >= 0.6 is 11.8 Å². The molecule has 10 heavy (non-hydrogen) atoms. The summed E-state index contributed by atoms with van der Waals surface area (Å²) in [7, 11) is 0. The maximum atomic E-state index is 10.8. The van der Waals surface area contributed by atoms with Crippen molar-refractivity contribution >= 4 is 24.0 Å². The quantitative estimate of drug-likeness (QED) is 0.593. The molecule has 0 bridgehead atoms. The van der Waals surface area contributed by atoms with E-state index in [-0.39, 0.29) is 17.7 Å². The van der Waals surface area contributed by atoms with Gasteiger partial charge in [-0.2, -0.15) is 11.8 Å². The van der Waals surface area contributed by atoms with E-state index in [0.717, 1.165) is 0 Å². The summed E-state index contributed by atoms with van der Waals surface area (Å²) in [4.78, 5) is 20.6. The van der Waals surface area contributed by atoms with Gasteiger partial charge in [-0.15, -0.1) is 0 Å². The Kier molecular flexibility index (Phi) is 5.02. The molecule has 1 unspecified atom stereocenters. The van der Waals surface area contributed by atoms with Gasteiger partial charge in [-0.05, 0) is 13.2 Å². The highest BCUT2D eigenvalue weighted by Gasteiger charge is 2.08. The van der Waals surface area contributed by atoms with Crippen LogP contribution in [0.3, 0.4) is 0 Å². The zero-order valence-electron chi connectivity index (χ0n) is 6.09. The number of thioether (sulfide) groups is 1. The Labute approximate surface area is 64.6 Å². The van der Waals surface area contributed by atoms with E-state index in [1.54, 1.807) is 6.92 Å². The standard InChI is InChI=1S/C6H11NO2S/c1-5(10-2)6(9)7-3-4-8/h4-5H,3H2,1-2H3,(H,7,9). The maximum Gasteiger partial charge on any atom is 0.233 e. The molecule has 0 aromatic carbocycles. The Bertz CT molecular complexity index is 127. The number of hydrogen-bond donors (Lipinski definition) is 1. The van der Waals surface area contributed by atoms with E-state index in [9.17, 15) is 9.59 Å². The smallest absolute Gasteiger partial charge is 0.233 e. The van der Waals surface area contributed by atoms with Crippen LogP contribution in [0.25, 0.3) is 0 Å². The Morgan fingerprint density at radius 3 is 2.80 bits per heavy atom. The average molecular weight is 161 g/mol. The molecule has 0 aliphatic heterocycles. The normalized spacial score (nSPS) is 12.2. The molecular formula is C6H11NO2S. The van der Waals surface area contributed by atoms with Crippen molar-refractivity contribution in [3.8, 4) is 0 Å². The summed E-state index contributed by atoms with van der Waals surface area (Å²) in [5.41, 5.74) is 0. The van der Waals surface area contributed by atoms with Gasteiger partial charge in [0, 0.05) is 0 Å². The fourth-order valence-corrected chi connectivity index (χ4v) is 0.690. The lowest BCUT2D eigenvalue weighted by Crippen LogP contribution is -2.31. The molecule has 0 aromatic rings. The van der Waals surface area contributed by atoms with Crippen LogP contribution in [-0.2, 0) is 9.59 Å². The van der Waals surface area contributed by atoms with E-state index >= 15 is 0 Å². The first kappa shape index (κ1) is 9.49. The summed E-state index contributed by atoms with van der Waals surface area (Å²) in [6.07, 6.45) is 2.52. The first-order valence-corrected chi connectivity index (χ1v) is 4.25. The Morgan fingerprint density at radius 2 is 2.40 bits per heavy atom. The van der Waals surface area contributed by atoms with Crippen molar-refractivity contribution in [3.05, 3.63) is 0 Å². The van der Waals surface area contributed by atoms with Crippen molar-refractivity contribution in [2.24, 2.45) is 0 Å². The van der Waals surface area contributed by atoms with Crippen LogP contribution in [-0.4, -0.2) is 30.2 Å². The molecule has 0 aliphatic rings. The number of hydrogen-bond acceptors (Lipinski definition) is 3. The highest BCUT2D eigenvalue weighted by Crippen LogP contribution is 2.03. The minimum Gasteiger partial charge on any atom is -0.348 e. The second kappa shape index (κ2) is 5.29. The second-order valence-electron chi connectivity index (χ2n) is 1.79. The van der Waals surface area contributed by atoms with Crippen LogP contribution in [0, 0.1) is 0 Å². The molecule has 0 rings (SSSR count). The summed E-state index contributed by atoms with van der Waals surface area (Å²) in [6.45, 7) is 1.91. The Balaban J connectivity index is 3.51. The van der Waals surface area contributed by atoms with E-state index in [2.05, 4.69) is 5.32 Å². The Hall–Kier alpha value is -0.510. The fourth-order valence-electron chi connectivity index (χ4n) is 0.393. The maximum absolute atomic E-state index is 10.8. The minimum atomic E-state index is -0.0837. The molecule has 0 aromatic heterocycles. The van der Waals surface area contributed by atoms with Crippen molar-refractivity contribution in [1.82, 2.24) is 5.32 Å². The molecule has 3 nitrogen and oxygen atoms in total. The van der Waals surface area contributed by atoms with E-state index in [0.29, 0.717) is 6.29 Å². The van der Waals surface area contributed by atoms with Gasteiger partial charge in [0.1, 0.15) is 6.29 Å². The number of carbonyl (C=O) groups is 2. The topological polar surface area (TPSA) is 46.2 Å². The van der Waals surface area contributed by atoms with Gasteiger partial charge in [-0.25, -0.2) is 0 Å². The van der Waals surface area contributed by atoms with Gasteiger partial charge in [0.25, 0.3) is 0 Å². The third kappa shape index (κ3) is 3.50. The SMILES string of the molecule is CSC(C)C(=O)NCC=O. The molecule has 0 radical (unpaired) electrons. The predicted molar refractivity (Wildman–Crippen MR) is 42.1 cm³/mol. The summed E-state index contributed by atoms with van der Waals surface area (Å²) >= 11 is 1.46. The third-order valence-corrected chi connectivity index (χ3v) is 2.00. The van der Waals surface area contributed by atoms with Gasteiger partial charge in [-0.1, -0.05) is 0 Å². The molecule has 0 heterocycles. The molecule has 0 saturated heterocycles. The van der Waals surface area contributed by atoms with Crippen LogP contribution in [0.1, 0.15) is 6.92 Å². The van der Waals surface area contributed by atoms with E-state index < -0.39 is 0 Å². The number of aldehydes is 1. The van der Waals surface area contributed by atoms with Crippen molar-refractivity contribution in [1.29, 1.82) is 0 Å². The first-order chi connectivity index (χ1) is 4.72. The molecule has 1 atom stereocenters. The largest absolute Gasteiger partial charge is 0.348 e. The van der Waals surface area contributed by atoms with Crippen molar-refractivity contribution in [2.45, 2.75) is 12.2 Å². The summed E-state index contributed by atoms with van der Waals surface area (Å²) in [6, 6.07) is 0. The molecule has 4 heteroatoms. The number of nitrogens with one attached hydrogen (secondary N) is 1. The zero-order chi connectivity index (χ0) is 7.98. The van der Waals surface area contributed by atoms with Crippen molar-refractivity contribution < 1.29 is 9.59 Å². The van der Waals surface area contributed by atoms with Gasteiger partial charge < -0.3 is 10.1 Å². The van der Waals surface area contributed by atoms with Crippen LogP contribution in [0.5, 0.6) is 0 Å². The molecule has 0 aliphatic carbocycles. The van der Waals surface area contributed by atoms with Crippen molar-refractivity contribution in [2.75, 3.05) is 12.8 Å².